The standard InChI is InChI=1S/C33H41NO5/c1-20(2)11-12-21(22-16-18-39-33(3,4)19-22)15-17-34-29-23-9-7-8-10-24(23)30(35)27(29)25-13-14-26(37-5)31(38-6)28(25)32(34)36/h7-10,13-14,20-22H,11-12,15-19H2,1-6H3/t21-,22-/m1/s1. The Kier molecular flexibility index (Phi) is 7.60. The summed E-state index contributed by atoms with van der Waals surface area (Å²) in [5.74, 6) is 2.44. The summed E-state index contributed by atoms with van der Waals surface area (Å²) in [5, 5.41) is 1.02. The summed E-state index contributed by atoms with van der Waals surface area (Å²) in [7, 11) is 3.10. The first-order valence-electron chi connectivity index (χ1n) is 14.3. The molecule has 0 spiro atoms. The molecule has 1 saturated heterocycles. The number of ketones is 1. The lowest BCUT2D eigenvalue weighted by atomic mass is 9.75. The molecule has 3 aromatic rings. The minimum Gasteiger partial charge on any atom is -0.493 e. The van der Waals surface area contributed by atoms with E-state index in [9.17, 15) is 9.59 Å². The summed E-state index contributed by atoms with van der Waals surface area (Å²) in [6, 6.07) is 11.2. The second kappa shape index (κ2) is 10.8. The molecular formula is C33H41NO5. The van der Waals surface area contributed by atoms with E-state index >= 15 is 0 Å². The van der Waals surface area contributed by atoms with Crippen molar-refractivity contribution in [3.05, 3.63) is 57.9 Å². The van der Waals surface area contributed by atoms with Gasteiger partial charge >= 0.3 is 0 Å². The Morgan fingerprint density at radius 3 is 2.41 bits per heavy atom. The highest BCUT2D eigenvalue weighted by atomic mass is 16.5. The fraction of sp³-hybridized carbons (Fsp3) is 0.515. The summed E-state index contributed by atoms with van der Waals surface area (Å²) < 4.78 is 19.1. The lowest BCUT2D eigenvalue weighted by molar-refractivity contribution is -0.0843. The van der Waals surface area contributed by atoms with Gasteiger partial charge in [0, 0.05) is 29.7 Å². The van der Waals surface area contributed by atoms with E-state index in [1.54, 1.807) is 20.3 Å². The normalized spacial score (nSPS) is 18.7. The molecule has 1 aromatic heterocycles. The maximum absolute atomic E-state index is 14.3. The summed E-state index contributed by atoms with van der Waals surface area (Å²) in [5.41, 5.74) is 2.52. The van der Waals surface area contributed by atoms with Crippen molar-refractivity contribution in [2.24, 2.45) is 17.8 Å². The van der Waals surface area contributed by atoms with Crippen molar-refractivity contribution in [3.63, 3.8) is 0 Å². The Morgan fingerprint density at radius 2 is 1.74 bits per heavy atom. The summed E-state index contributed by atoms with van der Waals surface area (Å²) in [4.78, 5) is 28.1. The maximum atomic E-state index is 14.3. The quantitative estimate of drug-likeness (QED) is 0.236. The Labute approximate surface area is 231 Å². The summed E-state index contributed by atoms with van der Waals surface area (Å²) in [6.45, 7) is 10.2. The van der Waals surface area contributed by atoms with Crippen LogP contribution in [0.4, 0.5) is 0 Å². The van der Waals surface area contributed by atoms with E-state index in [1.807, 2.05) is 34.9 Å². The van der Waals surface area contributed by atoms with Crippen molar-refractivity contribution in [1.82, 2.24) is 4.57 Å². The van der Waals surface area contributed by atoms with Crippen LogP contribution in [-0.4, -0.2) is 36.8 Å². The van der Waals surface area contributed by atoms with Crippen LogP contribution in [0.15, 0.2) is 41.2 Å². The number of ether oxygens (including phenoxy) is 3. The average Bonchev–Trinajstić information content (AvgIpc) is 3.21. The zero-order chi connectivity index (χ0) is 27.9. The van der Waals surface area contributed by atoms with Gasteiger partial charge in [0.2, 0.25) is 0 Å². The topological polar surface area (TPSA) is 66.8 Å². The molecule has 2 heterocycles. The van der Waals surface area contributed by atoms with Gasteiger partial charge in [-0.2, -0.15) is 0 Å². The average molecular weight is 532 g/mol. The molecule has 0 saturated carbocycles. The van der Waals surface area contributed by atoms with Gasteiger partial charge in [-0.05, 0) is 69.4 Å². The molecule has 0 amide bonds. The van der Waals surface area contributed by atoms with Gasteiger partial charge in [-0.1, -0.05) is 44.5 Å². The molecule has 2 aliphatic rings. The molecule has 1 fully saturated rings. The number of nitrogens with zero attached hydrogens (tertiary/aromatic N) is 1. The fourth-order valence-electron chi connectivity index (χ4n) is 6.73. The first kappa shape index (κ1) is 27.4. The third-order valence-electron chi connectivity index (χ3n) is 8.67. The number of carbonyl (C=O) groups excluding carboxylic acids is 1. The predicted molar refractivity (Wildman–Crippen MR) is 155 cm³/mol. The smallest absolute Gasteiger partial charge is 0.262 e. The van der Waals surface area contributed by atoms with E-state index in [0.29, 0.717) is 57.7 Å². The lowest BCUT2D eigenvalue weighted by Crippen LogP contribution is -2.37. The number of hydrogen-bond acceptors (Lipinski definition) is 5. The molecule has 2 atom stereocenters. The summed E-state index contributed by atoms with van der Waals surface area (Å²) >= 11 is 0. The van der Waals surface area contributed by atoms with E-state index in [4.69, 9.17) is 14.2 Å². The number of fused-ring (bicyclic) bond motifs is 5. The van der Waals surface area contributed by atoms with E-state index in [2.05, 4.69) is 27.7 Å². The van der Waals surface area contributed by atoms with Crippen LogP contribution >= 0.6 is 0 Å². The molecule has 0 unspecified atom stereocenters. The third kappa shape index (κ3) is 5.00. The van der Waals surface area contributed by atoms with Crippen LogP contribution in [-0.2, 0) is 11.3 Å². The molecule has 0 bridgehead atoms. The van der Waals surface area contributed by atoms with Crippen LogP contribution in [0.1, 0.15) is 75.7 Å². The van der Waals surface area contributed by atoms with Gasteiger partial charge in [0.15, 0.2) is 17.3 Å². The highest BCUT2D eigenvalue weighted by Gasteiger charge is 2.36. The van der Waals surface area contributed by atoms with Crippen LogP contribution < -0.4 is 15.0 Å². The van der Waals surface area contributed by atoms with E-state index in [0.717, 1.165) is 50.0 Å². The third-order valence-corrected chi connectivity index (χ3v) is 8.67. The monoisotopic (exact) mass is 531 g/mol. The fourth-order valence-corrected chi connectivity index (χ4v) is 6.73. The Hall–Kier alpha value is -3.12. The van der Waals surface area contributed by atoms with Crippen molar-refractivity contribution in [1.29, 1.82) is 0 Å². The van der Waals surface area contributed by atoms with Crippen LogP contribution in [0.5, 0.6) is 11.5 Å². The number of pyridine rings is 1. The number of aromatic nitrogens is 1. The Balaban J connectivity index is 1.64. The Morgan fingerprint density at radius 1 is 1.00 bits per heavy atom. The van der Waals surface area contributed by atoms with E-state index < -0.39 is 0 Å². The second-order valence-electron chi connectivity index (χ2n) is 12.2. The van der Waals surface area contributed by atoms with Gasteiger partial charge in [0.1, 0.15) is 0 Å². The van der Waals surface area contributed by atoms with Crippen LogP contribution in [0, 0.1) is 17.8 Å². The summed E-state index contributed by atoms with van der Waals surface area (Å²) in [6.07, 6.45) is 5.21. The highest BCUT2D eigenvalue weighted by molar-refractivity contribution is 6.27. The zero-order valence-electron chi connectivity index (χ0n) is 24.1. The van der Waals surface area contributed by atoms with Crippen LogP contribution in [0.2, 0.25) is 0 Å². The molecule has 1 aliphatic carbocycles. The number of methoxy groups -OCH3 is 2. The van der Waals surface area contributed by atoms with Gasteiger partial charge in [0.05, 0.1) is 36.5 Å². The minimum atomic E-state index is -0.140. The van der Waals surface area contributed by atoms with E-state index in [1.165, 1.54) is 0 Å². The maximum Gasteiger partial charge on any atom is 0.262 e. The number of hydrogen-bond donors (Lipinski definition) is 0. The van der Waals surface area contributed by atoms with Gasteiger partial charge < -0.3 is 18.8 Å². The van der Waals surface area contributed by atoms with Gasteiger partial charge in [-0.3, -0.25) is 9.59 Å². The Bertz CT molecular complexity index is 1450. The zero-order valence-corrected chi connectivity index (χ0v) is 24.1. The van der Waals surface area contributed by atoms with Gasteiger partial charge in [-0.25, -0.2) is 0 Å². The first-order chi connectivity index (χ1) is 18.7. The van der Waals surface area contributed by atoms with Gasteiger partial charge in [-0.15, -0.1) is 0 Å². The van der Waals surface area contributed by atoms with Crippen LogP contribution in [0.3, 0.4) is 0 Å². The molecular weight excluding hydrogens is 490 g/mol. The largest absolute Gasteiger partial charge is 0.493 e. The van der Waals surface area contributed by atoms with Crippen molar-refractivity contribution < 1.29 is 19.0 Å². The van der Waals surface area contributed by atoms with Crippen LogP contribution in [0.25, 0.3) is 22.0 Å². The molecule has 1 aliphatic heterocycles. The first-order valence-corrected chi connectivity index (χ1v) is 14.3. The minimum absolute atomic E-state index is 0.0471. The molecule has 6 heteroatoms. The van der Waals surface area contributed by atoms with Crippen molar-refractivity contribution in [2.75, 3.05) is 20.8 Å². The van der Waals surface area contributed by atoms with Gasteiger partial charge in [0.25, 0.3) is 5.56 Å². The lowest BCUT2D eigenvalue weighted by Gasteiger charge is -2.39. The second-order valence-corrected chi connectivity index (χ2v) is 12.2. The van der Waals surface area contributed by atoms with Crippen molar-refractivity contribution in [2.45, 2.75) is 71.9 Å². The molecule has 5 rings (SSSR count). The molecule has 208 valence electrons. The number of benzene rings is 2. The highest BCUT2D eigenvalue weighted by Crippen LogP contribution is 2.44. The molecule has 0 N–H and O–H groups in total. The van der Waals surface area contributed by atoms with E-state index in [-0.39, 0.29) is 16.9 Å². The number of carbonyl (C=O) groups is 1. The molecule has 0 radical (unpaired) electrons. The molecule has 6 nitrogen and oxygen atoms in total. The number of rotatable bonds is 9. The molecule has 39 heavy (non-hydrogen) atoms. The SMILES string of the molecule is COc1ccc2c3c(n(CC[C@@H](CCC(C)C)[C@@H]4CCOC(C)(C)C4)c(=O)c2c1OC)-c1ccccc1C3=O. The molecule has 2 aromatic carbocycles. The predicted octanol–water partition coefficient (Wildman–Crippen LogP) is 6.88. The van der Waals surface area contributed by atoms with Crippen molar-refractivity contribution >= 4 is 16.6 Å². The van der Waals surface area contributed by atoms with Crippen molar-refractivity contribution in [3.8, 4) is 22.8 Å².